The molecule has 84 valence electrons. The van der Waals surface area contributed by atoms with Gasteiger partial charge in [0.1, 0.15) is 0 Å². The van der Waals surface area contributed by atoms with Gasteiger partial charge in [0.2, 0.25) is 0 Å². The Bertz CT molecular complexity index is 784. The highest BCUT2D eigenvalue weighted by Gasteiger charge is 2.03. The van der Waals surface area contributed by atoms with Crippen molar-refractivity contribution in [2.75, 3.05) is 0 Å². The van der Waals surface area contributed by atoms with Crippen LogP contribution in [0, 0.1) is 4.77 Å². The van der Waals surface area contributed by atoms with E-state index in [0.717, 1.165) is 16.0 Å². The summed E-state index contributed by atoms with van der Waals surface area (Å²) in [6.45, 7) is 0. The van der Waals surface area contributed by atoms with Crippen molar-refractivity contribution < 1.29 is 0 Å². The Balaban J connectivity index is 2.34. The molecule has 0 amide bonds. The van der Waals surface area contributed by atoms with Crippen LogP contribution in [0.25, 0.3) is 21.3 Å². The first-order valence-electron chi connectivity index (χ1n) is 5.04. The predicted octanol–water partition coefficient (Wildman–Crippen LogP) is 3.31. The fourth-order valence-corrected chi connectivity index (χ4v) is 2.69. The van der Waals surface area contributed by atoms with Crippen LogP contribution in [-0.4, -0.2) is 9.97 Å². The first kappa shape index (κ1) is 10.4. The summed E-state index contributed by atoms with van der Waals surface area (Å²) in [5.41, 5.74) is 1.66. The number of aromatic amines is 2. The molecule has 2 aromatic heterocycles. The van der Waals surface area contributed by atoms with E-state index in [1.807, 2.05) is 35.7 Å². The molecule has 0 aliphatic heterocycles. The van der Waals surface area contributed by atoms with Gasteiger partial charge in [0.15, 0.2) is 4.77 Å². The summed E-state index contributed by atoms with van der Waals surface area (Å²) in [6.07, 6.45) is 0. The van der Waals surface area contributed by atoms with Gasteiger partial charge in [-0.05, 0) is 41.4 Å². The van der Waals surface area contributed by atoms with E-state index in [1.54, 1.807) is 11.3 Å². The fraction of sp³-hybridized carbons (Fsp3) is 0. The van der Waals surface area contributed by atoms with Crippen LogP contribution in [0.4, 0.5) is 0 Å². The highest BCUT2D eigenvalue weighted by atomic mass is 32.1. The van der Waals surface area contributed by atoms with Crippen LogP contribution >= 0.6 is 23.6 Å². The molecule has 17 heavy (non-hydrogen) atoms. The molecule has 0 saturated heterocycles. The van der Waals surface area contributed by atoms with Crippen LogP contribution in [-0.2, 0) is 0 Å². The zero-order valence-corrected chi connectivity index (χ0v) is 10.3. The Morgan fingerprint density at radius 2 is 2.06 bits per heavy atom. The second-order valence-electron chi connectivity index (χ2n) is 3.65. The molecular weight excluding hydrogens is 252 g/mol. The molecule has 3 rings (SSSR count). The molecule has 0 atom stereocenters. The highest BCUT2D eigenvalue weighted by Crippen LogP contribution is 2.26. The van der Waals surface area contributed by atoms with Crippen molar-refractivity contribution in [1.29, 1.82) is 0 Å². The molecule has 0 fully saturated rings. The average molecular weight is 260 g/mol. The summed E-state index contributed by atoms with van der Waals surface area (Å²) in [7, 11) is 0. The molecule has 1 aromatic carbocycles. The van der Waals surface area contributed by atoms with Crippen LogP contribution in [0.5, 0.6) is 0 Å². The normalized spacial score (nSPS) is 10.8. The first-order valence-corrected chi connectivity index (χ1v) is 6.33. The zero-order valence-electron chi connectivity index (χ0n) is 8.69. The minimum Gasteiger partial charge on any atom is -0.332 e. The summed E-state index contributed by atoms with van der Waals surface area (Å²) < 4.78 is 0.353. The maximum Gasteiger partial charge on any atom is 0.259 e. The van der Waals surface area contributed by atoms with E-state index in [9.17, 15) is 4.79 Å². The molecule has 0 spiro atoms. The minimum absolute atomic E-state index is 0.151. The number of H-pyrrole nitrogens is 2. The second kappa shape index (κ2) is 3.94. The van der Waals surface area contributed by atoms with E-state index in [2.05, 4.69) is 9.97 Å². The third kappa shape index (κ3) is 1.83. The maximum absolute atomic E-state index is 11.8. The lowest BCUT2D eigenvalue weighted by molar-refractivity contribution is 1.14. The van der Waals surface area contributed by atoms with E-state index in [1.165, 1.54) is 0 Å². The number of hydrogen-bond donors (Lipinski definition) is 2. The van der Waals surface area contributed by atoms with Crippen LogP contribution in [0.3, 0.4) is 0 Å². The molecule has 5 heteroatoms. The van der Waals surface area contributed by atoms with Crippen molar-refractivity contribution in [1.82, 2.24) is 9.97 Å². The average Bonchev–Trinajstić information content (AvgIpc) is 2.82. The van der Waals surface area contributed by atoms with Gasteiger partial charge in [0.25, 0.3) is 5.56 Å². The highest BCUT2D eigenvalue weighted by molar-refractivity contribution is 7.71. The van der Waals surface area contributed by atoms with Gasteiger partial charge in [-0.1, -0.05) is 12.1 Å². The van der Waals surface area contributed by atoms with E-state index >= 15 is 0 Å². The van der Waals surface area contributed by atoms with Gasteiger partial charge in [0, 0.05) is 4.88 Å². The maximum atomic E-state index is 11.8. The van der Waals surface area contributed by atoms with Gasteiger partial charge in [0.05, 0.1) is 10.9 Å². The van der Waals surface area contributed by atoms with E-state index < -0.39 is 0 Å². The molecule has 0 saturated carbocycles. The summed E-state index contributed by atoms with van der Waals surface area (Å²) in [5, 5.41) is 2.65. The number of thiophene rings is 1. The van der Waals surface area contributed by atoms with Crippen molar-refractivity contribution in [3.8, 4) is 10.4 Å². The molecule has 0 radical (unpaired) electrons. The van der Waals surface area contributed by atoms with E-state index in [4.69, 9.17) is 12.2 Å². The largest absolute Gasteiger partial charge is 0.332 e. The molecular formula is C12H8N2OS2. The summed E-state index contributed by atoms with van der Waals surface area (Å²) in [5.74, 6) is 0. The van der Waals surface area contributed by atoms with E-state index in [0.29, 0.717) is 10.2 Å². The zero-order chi connectivity index (χ0) is 11.8. The summed E-state index contributed by atoms with van der Waals surface area (Å²) in [4.78, 5) is 18.5. The molecule has 0 bridgehead atoms. The number of rotatable bonds is 1. The Labute approximate surface area is 106 Å². The number of benzene rings is 1. The van der Waals surface area contributed by atoms with Crippen LogP contribution in [0.15, 0.2) is 40.5 Å². The molecule has 3 nitrogen and oxygen atoms in total. The predicted molar refractivity (Wildman–Crippen MR) is 73.1 cm³/mol. The SMILES string of the molecule is O=c1[nH]c(=S)[nH]c2ccc(-c3cccs3)cc12. The van der Waals surface area contributed by atoms with Crippen molar-refractivity contribution in [2.24, 2.45) is 0 Å². The van der Waals surface area contributed by atoms with Gasteiger partial charge >= 0.3 is 0 Å². The van der Waals surface area contributed by atoms with Gasteiger partial charge in [-0.25, -0.2) is 0 Å². The lowest BCUT2D eigenvalue weighted by atomic mass is 10.1. The van der Waals surface area contributed by atoms with Crippen LogP contribution < -0.4 is 5.56 Å². The third-order valence-corrected chi connectivity index (χ3v) is 3.67. The number of aromatic nitrogens is 2. The summed E-state index contributed by atoms with van der Waals surface area (Å²) >= 11 is 6.58. The molecule has 0 aliphatic rings. The smallest absolute Gasteiger partial charge is 0.259 e. The Morgan fingerprint density at radius 3 is 2.82 bits per heavy atom. The van der Waals surface area contributed by atoms with Crippen LogP contribution in [0.1, 0.15) is 0 Å². The quantitative estimate of drug-likeness (QED) is 0.659. The number of hydrogen-bond acceptors (Lipinski definition) is 3. The standard InChI is InChI=1S/C12H8N2OS2/c15-11-8-6-7(10-2-1-5-17-10)3-4-9(8)13-12(16)14-11/h1-6H,(H2,13,14,15,16). The molecule has 0 aliphatic carbocycles. The van der Waals surface area contributed by atoms with Crippen LogP contribution in [0.2, 0.25) is 0 Å². The van der Waals surface area contributed by atoms with Gasteiger partial charge in [-0.15, -0.1) is 11.3 Å². The van der Waals surface area contributed by atoms with Crippen molar-refractivity contribution in [3.05, 3.63) is 50.8 Å². The lowest BCUT2D eigenvalue weighted by Gasteiger charge is -2.00. The Morgan fingerprint density at radius 1 is 1.18 bits per heavy atom. The van der Waals surface area contributed by atoms with Crippen molar-refractivity contribution in [2.45, 2.75) is 0 Å². The van der Waals surface area contributed by atoms with E-state index in [-0.39, 0.29) is 5.56 Å². The molecule has 3 aromatic rings. The molecule has 2 heterocycles. The van der Waals surface area contributed by atoms with Gasteiger partial charge in [-0.3, -0.25) is 9.78 Å². The van der Waals surface area contributed by atoms with Gasteiger partial charge < -0.3 is 4.98 Å². The number of nitrogens with one attached hydrogen (secondary N) is 2. The topological polar surface area (TPSA) is 48.6 Å². The first-order chi connectivity index (χ1) is 8.24. The molecule has 2 N–H and O–H groups in total. The molecule has 0 unspecified atom stereocenters. The number of fused-ring (bicyclic) bond motifs is 1. The Kier molecular flexibility index (Phi) is 2.42. The summed E-state index contributed by atoms with van der Waals surface area (Å²) in [6, 6.07) is 9.78. The fourth-order valence-electron chi connectivity index (χ4n) is 1.76. The van der Waals surface area contributed by atoms with Crippen molar-refractivity contribution in [3.63, 3.8) is 0 Å². The second-order valence-corrected chi connectivity index (χ2v) is 5.00. The lowest BCUT2D eigenvalue weighted by Crippen LogP contribution is -2.07. The third-order valence-electron chi connectivity index (χ3n) is 2.55. The Hall–Kier alpha value is -1.72. The minimum atomic E-state index is -0.151. The van der Waals surface area contributed by atoms with Crippen molar-refractivity contribution >= 4 is 34.5 Å². The van der Waals surface area contributed by atoms with Gasteiger partial charge in [-0.2, -0.15) is 0 Å². The monoisotopic (exact) mass is 260 g/mol.